The molecule has 0 saturated heterocycles. The lowest BCUT2D eigenvalue weighted by atomic mass is 10.00. The highest BCUT2D eigenvalue weighted by molar-refractivity contribution is 7.89. The Morgan fingerprint density at radius 1 is 1.22 bits per heavy atom. The number of sulfonamides is 1. The van der Waals surface area contributed by atoms with Gasteiger partial charge < -0.3 is 16.0 Å². The molecule has 8 nitrogen and oxygen atoms in total. The first-order valence-electron chi connectivity index (χ1n) is 8.30. The Balaban J connectivity index is 1.67. The number of thiophene rings is 1. The summed E-state index contributed by atoms with van der Waals surface area (Å²) >= 11 is 1.49. The number of nitrogens with one attached hydrogen (secondary N) is 2. The summed E-state index contributed by atoms with van der Waals surface area (Å²) in [6, 6.07) is 7.94. The fraction of sp³-hybridized carbons (Fsp3) is 0.294. The third-order valence-electron chi connectivity index (χ3n) is 4.28. The van der Waals surface area contributed by atoms with Crippen molar-refractivity contribution in [3.05, 3.63) is 51.7 Å². The van der Waals surface area contributed by atoms with Gasteiger partial charge in [-0.2, -0.15) is 0 Å². The zero-order chi connectivity index (χ0) is 19.4. The van der Waals surface area contributed by atoms with Crippen molar-refractivity contribution < 1.29 is 18.0 Å². The maximum Gasteiger partial charge on any atom is 0.312 e. The molecule has 1 aromatic heterocycles. The van der Waals surface area contributed by atoms with Crippen LogP contribution in [-0.4, -0.2) is 38.3 Å². The molecule has 1 aromatic carbocycles. The van der Waals surface area contributed by atoms with Crippen LogP contribution in [-0.2, 0) is 34.3 Å². The maximum absolute atomic E-state index is 12.5. The van der Waals surface area contributed by atoms with Crippen molar-refractivity contribution in [3.8, 4) is 0 Å². The second kappa shape index (κ2) is 8.07. The average molecular weight is 409 g/mol. The van der Waals surface area contributed by atoms with Gasteiger partial charge in [0, 0.05) is 24.5 Å². The quantitative estimate of drug-likeness (QED) is 0.654. The van der Waals surface area contributed by atoms with Crippen molar-refractivity contribution in [1.82, 2.24) is 14.9 Å². The van der Waals surface area contributed by atoms with E-state index in [1.807, 2.05) is 17.5 Å². The molecule has 144 valence electrons. The van der Waals surface area contributed by atoms with Gasteiger partial charge in [-0.15, -0.1) is 11.3 Å². The van der Waals surface area contributed by atoms with E-state index in [0.29, 0.717) is 19.5 Å². The molecule has 0 spiro atoms. The topological polar surface area (TPSA) is 122 Å². The largest absolute Gasteiger partial charge is 0.352 e. The minimum absolute atomic E-state index is 0.149. The summed E-state index contributed by atoms with van der Waals surface area (Å²) in [4.78, 5) is 25.6. The summed E-state index contributed by atoms with van der Waals surface area (Å²) in [6.45, 7) is 0.936. The predicted molar refractivity (Wildman–Crippen MR) is 101 cm³/mol. The van der Waals surface area contributed by atoms with Gasteiger partial charge in [0.25, 0.3) is 0 Å². The van der Waals surface area contributed by atoms with E-state index in [-0.39, 0.29) is 23.9 Å². The molecule has 1 aliphatic rings. The molecule has 2 aromatic rings. The zero-order valence-electron chi connectivity index (χ0n) is 14.5. The van der Waals surface area contributed by atoms with E-state index in [2.05, 4.69) is 10.0 Å². The number of nitrogens with zero attached hydrogens (tertiary/aromatic N) is 1. The number of rotatable bonds is 6. The second-order valence-corrected chi connectivity index (χ2v) is 8.92. The summed E-state index contributed by atoms with van der Waals surface area (Å²) in [5.41, 5.74) is 6.77. The average Bonchev–Trinajstić information content (AvgIpc) is 3.17. The Morgan fingerprint density at radius 2 is 2.04 bits per heavy atom. The van der Waals surface area contributed by atoms with Crippen LogP contribution in [0.3, 0.4) is 0 Å². The fourth-order valence-electron chi connectivity index (χ4n) is 2.85. The first-order valence-corrected chi connectivity index (χ1v) is 10.7. The van der Waals surface area contributed by atoms with Crippen molar-refractivity contribution in [1.29, 1.82) is 0 Å². The SMILES string of the molecule is NC(=O)NCC(=O)N1CCc2cc(S(=O)(=O)NCc3cccs3)ccc2C1. The smallest absolute Gasteiger partial charge is 0.312 e. The molecule has 0 radical (unpaired) electrons. The molecule has 0 atom stereocenters. The number of hydrogen-bond donors (Lipinski definition) is 3. The highest BCUT2D eigenvalue weighted by Gasteiger charge is 2.23. The summed E-state index contributed by atoms with van der Waals surface area (Å²) < 4.78 is 27.6. The van der Waals surface area contributed by atoms with Gasteiger partial charge in [-0.3, -0.25) is 4.79 Å². The van der Waals surface area contributed by atoms with E-state index < -0.39 is 16.1 Å². The number of carbonyl (C=O) groups is 2. The Bertz CT molecular complexity index is 942. The van der Waals surface area contributed by atoms with Crippen LogP contribution in [0.5, 0.6) is 0 Å². The number of amides is 3. The van der Waals surface area contributed by atoms with Gasteiger partial charge in [-0.05, 0) is 41.1 Å². The number of benzene rings is 1. The van der Waals surface area contributed by atoms with Gasteiger partial charge >= 0.3 is 6.03 Å². The fourth-order valence-corrected chi connectivity index (χ4v) is 4.64. The normalized spacial score (nSPS) is 13.9. The molecule has 3 rings (SSSR count). The summed E-state index contributed by atoms with van der Waals surface area (Å²) in [6.07, 6.45) is 0.548. The highest BCUT2D eigenvalue weighted by atomic mass is 32.2. The molecule has 0 fully saturated rings. The van der Waals surface area contributed by atoms with Crippen LogP contribution in [0.25, 0.3) is 0 Å². The molecular formula is C17H20N4O4S2. The van der Waals surface area contributed by atoms with Crippen molar-refractivity contribution in [3.63, 3.8) is 0 Å². The van der Waals surface area contributed by atoms with E-state index in [4.69, 9.17) is 5.73 Å². The van der Waals surface area contributed by atoms with E-state index in [1.165, 1.54) is 11.3 Å². The third-order valence-corrected chi connectivity index (χ3v) is 6.56. The molecule has 0 bridgehead atoms. The van der Waals surface area contributed by atoms with Crippen molar-refractivity contribution in [2.45, 2.75) is 24.4 Å². The van der Waals surface area contributed by atoms with Crippen LogP contribution in [0.1, 0.15) is 16.0 Å². The number of nitrogens with two attached hydrogens (primary N) is 1. The van der Waals surface area contributed by atoms with Crippen LogP contribution >= 0.6 is 11.3 Å². The number of urea groups is 1. The maximum atomic E-state index is 12.5. The minimum atomic E-state index is -3.60. The lowest BCUT2D eigenvalue weighted by Crippen LogP contribution is -2.43. The van der Waals surface area contributed by atoms with Crippen LogP contribution in [0.2, 0.25) is 0 Å². The number of hydrogen-bond acceptors (Lipinski definition) is 5. The molecule has 4 N–H and O–H groups in total. The monoisotopic (exact) mass is 408 g/mol. The standard InChI is InChI=1S/C17H20N4O4S2/c18-17(23)19-10-16(22)21-6-5-12-8-15(4-3-13(12)11-21)27(24,25)20-9-14-2-1-7-26-14/h1-4,7-8,20H,5-6,9-11H2,(H3,18,19,23). The van der Waals surface area contributed by atoms with Crippen LogP contribution in [0, 0.1) is 0 Å². The lowest BCUT2D eigenvalue weighted by Gasteiger charge is -2.29. The molecule has 0 aliphatic carbocycles. The molecule has 1 aliphatic heterocycles. The minimum Gasteiger partial charge on any atom is -0.352 e. The van der Waals surface area contributed by atoms with E-state index in [9.17, 15) is 18.0 Å². The van der Waals surface area contributed by atoms with Gasteiger partial charge in [0.15, 0.2) is 0 Å². The van der Waals surface area contributed by atoms with Crippen molar-refractivity contribution in [2.24, 2.45) is 5.73 Å². The first kappa shape index (κ1) is 19.3. The molecule has 0 saturated carbocycles. The summed E-state index contributed by atoms with van der Waals surface area (Å²) in [7, 11) is -3.60. The van der Waals surface area contributed by atoms with Gasteiger partial charge in [0.1, 0.15) is 0 Å². The van der Waals surface area contributed by atoms with Gasteiger partial charge in [0.05, 0.1) is 11.4 Å². The molecule has 10 heteroatoms. The molecule has 2 heterocycles. The number of fused-ring (bicyclic) bond motifs is 1. The van der Waals surface area contributed by atoms with E-state index in [1.54, 1.807) is 23.1 Å². The Hall–Kier alpha value is -2.43. The van der Waals surface area contributed by atoms with Crippen LogP contribution < -0.4 is 15.8 Å². The summed E-state index contributed by atoms with van der Waals surface area (Å²) in [5, 5.41) is 4.18. The van der Waals surface area contributed by atoms with Crippen molar-refractivity contribution >= 4 is 33.3 Å². The Labute approximate surface area is 161 Å². The lowest BCUT2D eigenvalue weighted by molar-refractivity contribution is -0.130. The molecule has 27 heavy (non-hydrogen) atoms. The van der Waals surface area contributed by atoms with Gasteiger partial charge in [-0.1, -0.05) is 12.1 Å². The zero-order valence-corrected chi connectivity index (χ0v) is 16.1. The third kappa shape index (κ3) is 4.85. The molecule has 0 unspecified atom stereocenters. The Kier molecular flexibility index (Phi) is 5.78. The van der Waals surface area contributed by atoms with Gasteiger partial charge in [0.2, 0.25) is 15.9 Å². The first-order chi connectivity index (χ1) is 12.8. The second-order valence-electron chi connectivity index (χ2n) is 6.12. The van der Waals surface area contributed by atoms with Crippen LogP contribution in [0.4, 0.5) is 4.79 Å². The van der Waals surface area contributed by atoms with Gasteiger partial charge in [-0.25, -0.2) is 17.9 Å². The Morgan fingerprint density at radius 3 is 2.74 bits per heavy atom. The predicted octanol–water partition coefficient (Wildman–Crippen LogP) is 0.780. The molecular weight excluding hydrogens is 388 g/mol. The van der Waals surface area contributed by atoms with Crippen molar-refractivity contribution in [2.75, 3.05) is 13.1 Å². The van der Waals surface area contributed by atoms with Crippen LogP contribution in [0.15, 0.2) is 40.6 Å². The summed E-state index contributed by atoms with van der Waals surface area (Å²) in [5.74, 6) is -0.228. The number of primary amides is 1. The highest BCUT2D eigenvalue weighted by Crippen LogP contribution is 2.23. The number of carbonyl (C=O) groups excluding carboxylic acids is 2. The molecule has 3 amide bonds. The van der Waals surface area contributed by atoms with E-state index in [0.717, 1.165) is 16.0 Å². The van der Waals surface area contributed by atoms with E-state index >= 15 is 0 Å².